The van der Waals surface area contributed by atoms with Crippen molar-refractivity contribution in [1.29, 1.82) is 0 Å². The van der Waals surface area contributed by atoms with Crippen LogP contribution in [0, 0.1) is 16.6 Å². The van der Waals surface area contributed by atoms with E-state index in [2.05, 4.69) is 31.0 Å². The number of aromatic hydroxyl groups is 1. The van der Waals surface area contributed by atoms with Gasteiger partial charge in [-0.1, -0.05) is 34.6 Å². The summed E-state index contributed by atoms with van der Waals surface area (Å²) in [5.74, 6) is -1.96. The van der Waals surface area contributed by atoms with Crippen molar-refractivity contribution in [2.75, 3.05) is 37.0 Å². The summed E-state index contributed by atoms with van der Waals surface area (Å²) in [5, 5.41) is 12.9. The molecule has 1 aliphatic heterocycles. The number of ether oxygens (including phenoxy) is 2. The van der Waals surface area contributed by atoms with Crippen molar-refractivity contribution in [2.45, 2.75) is 40.9 Å². The minimum atomic E-state index is -0.928. The number of hydrogen-bond acceptors (Lipinski definition) is 5. The molecule has 2 aromatic rings. The number of nitrogens with one attached hydrogen (secondary N) is 1. The second-order valence-corrected chi connectivity index (χ2v) is 10.4. The first-order chi connectivity index (χ1) is 14.8. The van der Waals surface area contributed by atoms with Crippen molar-refractivity contribution in [3.05, 3.63) is 53.3 Å². The van der Waals surface area contributed by atoms with E-state index in [0.29, 0.717) is 18.9 Å². The number of halogens is 1. The van der Waals surface area contributed by atoms with Gasteiger partial charge in [-0.25, -0.2) is 4.39 Å². The van der Waals surface area contributed by atoms with Gasteiger partial charge in [-0.2, -0.15) is 0 Å². The maximum Gasteiger partial charge on any atom is 0.255 e. The van der Waals surface area contributed by atoms with Crippen LogP contribution in [0.1, 0.15) is 56.8 Å². The highest BCUT2D eigenvalue weighted by Gasteiger charge is 2.32. The molecule has 0 aliphatic carbocycles. The molecule has 7 heteroatoms. The lowest BCUT2D eigenvalue weighted by molar-refractivity contribution is -0.226. The van der Waals surface area contributed by atoms with E-state index in [-0.39, 0.29) is 22.0 Å². The molecule has 2 N–H and O–H groups in total. The van der Waals surface area contributed by atoms with E-state index in [1.165, 1.54) is 6.07 Å². The molecule has 1 amide bonds. The number of rotatable bonds is 5. The van der Waals surface area contributed by atoms with Gasteiger partial charge in [0, 0.05) is 35.9 Å². The number of carbonyl (C=O) groups excluding carboxylic acids is 1. The summed E-state index contributed by atoms with van der Waals surface area (Å²) in [6, 6.07) is 9.87. The Morgan fingerprint density at radius 3 is 2.34 bits per heavy atom. The summed E-state index contributed by atoms with van der Waals surface area (Å²) in [6.07, 6.45) is -0.928. The molecule has 0 saturated carbocycles. The molecule has 3 rings (SSSR count). The highest BCUT2D eigenvalue weighted by atomic mass is 19.1. The number of hydrogen-bond donors (Lipinski definition) is 2. The molecular formula is C25H33FN2O4. The first-order valence-corrected chi connectivity index (χ1v) is 10.7. The molecule has 1 aliphatic rings. The van der Waals surface area contributed by atoms with Gasteiger partial charge in [0.25, 0.3) is 5.91 Å². The summed E-state index contributed by atoms with van der Waals surface area (Å²) in [4.78, 5) is 14.9. The predicted octanol–water partition coefficient (Wildman–Crippen LogP) is 5.34. The number of phenolic OH excluding ortho intramolecular Hbond substituents is 1. The lowest BCUT2D eigenvalue weighted by Crippen LogP contribution is -2.34. The lowest BCUT2D eigenvalue weighted by atomic mass is 9.95. The van der Waals surface area contributed by atoms with E-state index in [0.717, 1.165) is 18.3 Å². The molecule has 2 aromatic carbocycles. The van der Waals surface area contributed by atoms with E-state index in [9.17, 15) is 14.3 Å². The van der Waals surface area contributed by atoms with Gasteiger partial charge in [-0.05, 0) is 41.8 Å². The second-order valence-electron chi connectivity index (χ2n) is 10.4. The van der Waals surface area contributed by atoms with Crippen LogP contribution in [0.2, 0.25) is 0 Å². The van der Waals surface area contributed by atoms with E-state index < -0.39 is 23.8 Å². The minimum absolute atomic E-state index is 0.0706. The average Bonchev–Trinajstić information content (AvgIpc) is 2.69. The zero-order chi connectivity index (χ0) is 23.7. The molecular weight excluding hydrogens is 411 g/mol. The van der Waals surface area contributed by atoms with E-state index in [1.807, 2.05) is 33.0 Å². The molecule has 32 heavy (non-hydrogen) atoms. The third kappa shape index (κ3) is 5.99. The quantitative estimate of drug-likeness (QED) is 0.652. The van der Waals surface area contributed by atoms with Gasteiger partial charge in [-0.3, -0.25) is 4.79 Å². The Morgan fingerprint density at radius 2 is 1.78 bits per heavy atom. The van der Waals surface area contributed by atoms with E-state index >= 15 is 0 Å². The summed E-state index contributed by atoms with van der Waals surface area (Å²) in [5.41, 5.74) is 1.78. The Balaban J connectivity index is 1.73. The van der Waals surface area contributed by atoms with Crippen molar-refractivity contribution in [3.8, 4) is 5.75 Å². The molecule has 1 saturated heterocycles. The third-order valence-electron chi connectivity index (χ3n) is 5.14. The summed E-state index contributed by atoms with van der Waals surface area (Å²) in [7, 11) is 2.02. The van der Waals surface area contributed by atoms with Crippen LogP contribution >= 0.6 is 0 Å². The lowest BCUT2D eigenvalue weighted by Gasteiger charge is -2.34. The monoisotopic (exact) mass is 444 g/mol. The fraction of sp³-hybridized carbons (Fsp3) is 0.480. The van der Waals surface area contributed by atoms with Crippen molar-refractivity contribution in [3.63, 3.8) is 0 Å². The molecule has 0 bridgehead atoms. The van der Waals surface area contributed by atoms with E-state index in [4.69, 9.17) is 9.47 Å². The Kier molecular flexibility index (Phi) is 6.81. The SMILES string of the molecule is CN(CC(C)(C)C)c1ccc(NC(=O)c2cc(F)c(O)c(C3OCC(C)(C)CO3)c2)cc1. The Bertz CT molecular complexity index is 957. The molecule has 0 radical (unpaired) electrons. The zero-order valence-electron chi connectivity index (χ0n) is 19.7. The van der Waals surface area contributed by atoms with Crippen LogP contribution < -0.4 is 10.2 Å². The Labute approximate surface area is 189 Å². The number of amides is 1. The molecule has 0 aromatic heterocycles. The second kappa shape index (κ2) is 9.08. The smallest absolute Gasteiger partial charge is 0.255 e. The zero-order valence-corrected chi connectivity index (χ0v) is 19.7. The van der Waals surface area contributed by atoms with Gasteiger partial charge in [0.15, 0.2) is 17.9 Å². The van der Waals surface area contributed by atoms with Crippen molar-refractivity contribution < 1.29 is 23.8 Å². The van der Waals surface area contributed by atoms with Gasteiger partial charge in [0.05, 0.1) is 18.8 Å². The summed E-state index contributed by atoms with van der Waals surface area (Å²) >= 11 is 0. The molecule has 1 heterocycles. The number of carbonyl (C=O) groups is 1. The van der Waals surface area contributed by atoms with Gasteiger partial charge in [0.1, 0.15) is 0 Å². The highest BCUT2D eigenvalue weighted by molar-refractivity contribution is 6.04. The van der Waals surface area contributed by atoms with Crippen LogP contribution in [-0.4, -0.2) is 37.8 Å². The third-order valence-corrected chi connectivity index (χ3v) is 5.14. The number of nitrogens with zero attached hydrogens (tertiary/aromatic N) is 1. The maximum atomic E-state index is 14.4. The molecule has 0 unspecified atom stereocenters. The fourth-order valence-electron chi connectivity index (χ4n) is 3.61. The van der Waals surface area contributed by atoms with Crippen LogP contribution in [0.3, 0.4) is 0 Å². The Morgan fingerprint density at radius 1 is 1.19 bits per heavy atom. The van der Waals surface area contributed by atoms with E-state index in [1.54, 1.807) is 12.1 Å². The average molecular weight is 445 g/mol. The molecule has 174 valence electrons. The van der Waals surface area contributed by atoms with Crippen LogP contribution in [0.15, 0.2) is 36.4 Å². The standard InChI is InChI=1S/C25H33FN2O4/c1-24(2,3)13-28(6)18-9-7-17(8-10-18)27-22(30)16-11-19(21(29)20(26)12-16)23-31-14-25(4,5)15-32-23/h7-12,23,29H,13-15H2,1-6H3,(H,27,30). The largest absolute Gasteiger partial charge is 0.504 e. The summed E-state index contributed by atoms with van der Waals surface area (Å²) < 4.78 is 25.7. The number of phenols is 1. The molecule has 1 fully saturated rings. The minimum Gasteiger partial charge on any atom is -0.504 e. The number of benzene rings is 2. The normalized spacial score (nSPS) is 16.6. The molecule has 0 atom stereocenters. The van der Waals surface area contributed by atoms with Crippen LogP contribution in [0.5, 0.6) is 5.75 Å². The topological polar surface area (TPSA) is 71.0 Å². The maximum absolute atomic E-state index is 14.4. The van der Waals surface area contributed by atoms with Crippen LogP contribution in [-0.2, 0) is 9.47 Å². The van der Waals surface area contributed by atoms with Crippen LogP contribution in [0.4, 0.5) is 15.8 Å². The fourth-order valence-corrected chi connectivity index (χ4v) is 3.61. The van der Waals surface area contributed by atoms with Gasteiger partial charge in [-0.15, -0.1) is 0 Å². The van der Waals surface area contributed by atoms with Gasteiger partial charge >= 0.3 is 0 Å². The van der Waals surface area contributed by atoms with Gasteiger partial charge < -0.3 is 24.8 Å². The predicted molar refractivity (Wildman–Crippen MR) is 124 cm³/mol. The molecule has 0 spiro atoms. The summed E-state index contributed by atoms with van der Waals surface area (Å²) in [6.45, 7) is 12.2. The van der Waals surface area contributed by atoms with Crippen molar-refractivity contribution in [1.82, 2.24) is 0 Å². The highest BCUT2D eigenvalue weighted by Crippen LogP contribution is 2.37. The van der Waals surface area contributed by atoms with Crippen molar-refractivity contribution >= 4 is 17.3 Å². The number of anilines is 2. The van der Waals surface area contributed by atoms with Gasteiger partial charge in [0.2, 0.25) is 0 Å². The van der Waals surface area contributed by atoms with Crippen molar-refractivity contribution in [2.24, 2.45) is 10.8 Å². The van der Waals surface area contributed by atoms with Crippen LogP contribution in [0.25, 0.3) is 0 Å². The first-order valence-electron chi connectivity index (χ1n) is 10.7. The molecule has 6 nitrogen and oxygen atoms in total. The first kappa shape index (κ1) is 24.0. The Hall–Kier alpha value is -2.64.